The van der Waals surface area contributed by atoms with Gasteiger partial charge in [0.2, 0.25) is 5.91 Å². The van der Waals surface area contributed by atoms with Gasteiger partial charge in [0.1, 0.15) is 12.1 Å². The predicted octanol–water partition coefficient (Wildman–Crippen LogP) is 4.25. The van der Waals surface area contributed by atoms with E-state index in [4.69, 9.17) is 0 Å². The van der Waals surface area contributed by atoms with E-state index >= 15 is 0 Å². The number of hydrogen-bond acceptors (Lipinski definition) is 5. The quantitative estimate of drug-likeness (QED) is 0.557. The summed E-state index contributed by atoms with van der Waals surface area (Å²) in [4.78, 5) is 40.9. The van der Waals surface area contributed by atoms with Crippen LogP contribution in [0.2, 0.25) is 0 Å². The van der Waals surface area contributed by atoms with Crippen LogP contribution in [0.15, 0.2) is 42.4 Å². The second kappa shape index (κ2) is 10.4. The normalized spacial score (nSPS) is 22.5. The summed E-state index contributed by atoms with van der Waals surface area (Å²) in [6.07, 6.45) is 9.61. The van der Waals surface area contributed by atoms with Gasteiger partial charge in [0.25, 0.3) is 5.91 Å². The summed E-state index contributed by atoms with van der Waals surface area (Å²) in [5, 5.41) is 0. The maximum absolute atomic E-state index is 14.3. The molecule has 4 heterocycles. The maximum atomic E-state index is 14.3. The Morgan fingerprint density at radius 1 is 1.05 bits per heavy atom. The zero-order valence-corrected chi connectivity index (χ0v) is 23.0. The van der Waals surface area contributed by atoms with Gasteiger partial charge in [-0.2, -0.15) is 0 Å². The van der Waals surface area contributed by atoms with Crippen molar-refractivity contribution in [2.75, 3.05) is 39.3 Å². The molecule has 2 aromatic rings. The number of carbonyl (C=O) groups excluding carboxylic acids is 2. The van der Waals surface area contributed by atoms with Crippen molar-refractivity contribution < 1.29 is 14.0 Å². The van der Waals surface area contributed by atoms with Crippen LogP contribution in [0, 0.1) is 31.5 Å². The number of amides is 2. The fraction of sp³-hybridized carbons (Fsp3) is 0.548. The van der Waals surface area contributed by atoms with Crippen molar-refractivity contribution in [1.82, 2.24) is 24.7 Å². The molecule has 8 heteroatoms. The molecule has 1 atom stereocenters. The Kier molecular flexibility index (Phi) is 6.89. The van der Waals surface area contributed by atoms with E-state index in [1.807, 2.05) is 24.8 Å². The Balaban J connectivity index is 1.12. The van der Waals surface area contributed by atoms with Crippen LogP contribution in [-0.4, -0.2) is 75.8 Å². The molecule has 6 rings (SSSR count). The van der Waals surface area contributed by atoms with Gasteiger partial charge in [-0.1, -0.05) is 18.6 Å². The van der Waals surface area contributed by atoms with E-state index in [-0.39, 0.29) is 23.1 Å². The fourth-order valence-corrected chi connectivity index (χ4v) is 6.99. The molecule has 4 aliphatic rings. The van der Waals surface area contributed by atoms with Crippen LogP contribution in [0.3, 0.4) is 0 Å². The monoisotopic (exact) mass is 531 g/mol. The molecule has 3 aliphatic heterocycles. The number of aromatic nitrogens is 2. The fourth-order valence-electron chi connectivity index (χ4n) is 6.99. The lowest BCUT2D eigenvalue weighted by Gasteiger charge is -2.44. The summed E-state index contributed by atoms with van der Waals surface area (Å²) in [7, 11) is 0. The van der Waals surface area contributed by atoms with Crippen molar-refractivity contribution in [3.63, 3.8) is 0 Å². The number of hydrogen-bond donors (Lipinski definition) is 0. The molecular formula is C31H38FN5O2. The van der Waals surface area contributed by atoms with Gasteiger partial charge in [0.05, 0.1) is 17.0 Å². The molecule has 1 aromatic heterocycles. The first-order valence-electron chi connectivity index (χ1n) is 14.4. The molecule has 206 valence electrons. The van der Waals surface area contributed by atoms with Crippen LogP contribution in [0.25, 0.3) is 0 Å². The number of halogens is 1. The number of benzene rings is 1. The van der Waals surface area contributed by atoms with Crippen molar-refractivity contribution in [3.8, 4) is 0 Å². The molecule has 0 radical (unpaired) electrons. The highest BCUT2D eigenvalue weighted by Crippen LogP contribution is 2.41. The summed E-state index contributed by atoms with van der Waals surface area (Å²) < 4.78 is 14.3. The standard InChI is InChI=1S/C31H38FN5O2/c1-21-28(22(2)34-20-33-21)30(39)37-18-24-16-35(17-25(24)19-37)12-9-31(26-7-4-8-27(32)15-26)10-13-36(14-11-31)29(38)23-5-3-6-23/h4,7-8,15-16,20,23,25H,3,5-6,9-14,17-19H2,1-2H3. The molecule has 0 spiro atoms. The average molecular weight is 532 g/mol. The first kappa shape index (κ1) is 26.0. The number of rotatable bonds is 6. The molecule has 39 heavy (non-hydrogen) atoms. The third kappa shape index (κ3) is 4.94. The minimum atomic E-state index is -0.197. The molecule has 1 aliphatic carbocycles. The van der Waals surface area contributed by atoms with Crippen molar-refractivity contribution >= 4 is 11.8 Å². The molecule has 0 N–H and O–H groups in total. The lowest BCUT2D eigenvalue weighted by Crippen LogP contribution is -2.48. The van der Waals surface area contributed by atoms with Crippen molar-refractivity contribution in [3.05, 3.63) is 70.7 Å². The van der Waals surface area contributed by atoms with Gasteiger partial charge in [-0.3, -0.25) is 9.59 Å². The van der Waals surface area contributed by atoms with Crippen molar-refractivity contribution in [2.24, 2.45) is 11.8 Å². The van der Waals surface area contributed by atoms with E-state index in [9.17, 15) is 14.0 Å². The Bertz CT molecular complexity index is 1280. The van der Waals surface area contributed by atoms with Gasteiger partial charge in [-0.15, -0.1) is 0 Å². The number of likely N-dealkylation sites (tertiary alicyclic amines) is 2. The Labute approximate surface area is 230 Å². The number of carbonyl (C=O) groups is 2. The van der Waals surface area contributed by atoms with Gasteiger partial charge in [0.15, 0.2) is 0 Å². The lowest BCUT2D eigenvalue weighted by molar-refractivity contribution is -0.139. The summed E-state index contributed by atoms with van der Waals surface area (Å²) in [6.45, 7) is 8.34. The van der Waals surface area contributed by atoms with Gasteiger partial charge < -0.3 is 14.7 Å². The SMILES string of the molecule is Cc1ncnc(C)c1C(=O)N1CC2=CN(CCC3(c4cccc(F)c4)CCN(C(=O)C4CCC4)CC3)CC2C1. The third-order valence-corrected chi connectivity index (χ3v) is 9.67. The summed E-state index contributed by atoms with van der Waals surface area (Å²) >= 11 is 0. The second-order valence-electron chi connectivity index (χ2n) is 12.0. The average Bonchev–Trinajstić information content (AvgIpc) is 3.46. The van der Waals surface area contributed by atoms with Crippen molar-refractivity contribution in [2.45, 2.75) is 57.8 Å². The summed E-state index contributed by atoms with van der Waals surface area (Å²) in [5.41, 5.74) is 4.29. The van der Waals surface area contributed by atoms with Crippen LogP contribution >= 0.6 is 0 Å². The zero-order chi connectivity index (χ0) is 27.1. The van der Waals surface area contributed by atoms with Crippen LogP contribution in [0.5, 0.6) is 0 Å². The highest BCUT2D eigenvalue weighted by Gasteiger charge is 2.41. The van der Waals surface area contributed by atoms with Crippen LogP contribution < -0.4 is 0 Å². The van der Waals surface area contributed by atoms with Gasteiger partial charge in [0, 0.05) is 62.7 Å². The Morgan fingerprint density at radius 3 is 2.44 bits per heavy atom. The van der Waals surface area contributed by atoms with E-state index in [2.05, 4.69) is 32.0 Å². The summed E-state index contributed by atoms with van der Waals surface area (Å²) in [6, 6.07) is 7.08. The first-order chi connectivity index (χ1) is 18.8. The van der Waals surface area contributed by atoms with Crippen LogP contribution in [-0.2, 0) is 10.2 Å². The smallest absolute Gasteiger partial charge is 0.257 e. The van der Waals surface area contributed by atoms with Crippen LogP contribution in [0.1, 0.15) is 65.8 Å². The third-order valence-electron chi connectivity index (χ3n) is 9.67. The highest BCUT2D eigenvalue weighted by molar-refractivity contribution is 5.96. The van der Waals surface area contributed by atoms with E-state index in [1.165, 1.54) is 18.0 Å². The molecule has 1 unspecified atom stereocenters. The van der Waals surface area contributed by atoms with E-state index in [0.717, 1.165) is 81.7 Å². The molecule has 3 fully saturated rings. The second-order valence-corrected chi connectivity index (χ2v) is 12.0. The molecule has 0 bridgehead atoms. The van der Waals surface area contributed by atoms with Crippen molar-refractivity contribution in [1.29, 1.82) is 0 Å². The Morgan fingerprint density at radius 2 is 1.79 bits per heavy atom. The largest absolute Gasteiger partial charge is 0.377 e. The highest BCUT2D eigenvalue weighted by atomic mass is 19.1. The molecule has 2 amide bonds. The molecule has 1 aromatic carbocycles. The molecule has 7 nitrogen and oxygen atoms in total. The van der Waals surface area contributed by atoms with Gasteiger partial charge in [-0.05, 0) is 69.2 Å². The predicted molar refractivity (Wildman–Crippen MR) is 146 cm³/mol. The van der Waals surface area contributed by atoms with Crippen LogP contribution in [0.4, 0.5) is 4.39 Å². The van der Waals surface area contributed by atoms with Gasteiger partial charge >= 0.3 is 0 Å². The topological polar surface area (TPSA) is 69.6 Å². The number of aryl methyl sites for hydroxylation is 2. The number of piperidine rings is 1. The van der Waals surface area contributed by atoms with Gasteiger partial charge in [-0.25, -0.2) is 14.4 Å². The van der Waals surface area contributed by atoms with E-state index in [1.54, 1.807) is 6.07 Å². The minimum absolute atomic E-state index is 0.0146. The van der Waals surface area contributed by atoms with E-state index < -0.39 is 0 Å². The van der Waals surface area contributed by atoms with E-state index in [0.29, 0.717) is 30.5 Å². The number of fused-ring (bicyclic) bond motifs is 1. The lowest BCUT2D eigenvalue weighted by atomic mass is 9.70. The molecule has 1 saturated carbocycles. The number of nitrogens with zero attached hydrogens (tertiary/aromatic N) is 5. The minimum Gasteiger partial charge on any atom is -0.377 e. The Hall–Kier alpha value is -3.29. The molecule has 2 saturated heterocycles. The molecular weight excluding hydrogens is 493 g/mol. The first-order valence-corrected chi connectivity index (χ1v) is 14.4. The zero-order valence-electron chi connectivity index (χ0n) is 23.0. The maximum Gasteiger partial charge on any atom is 0.257 e. The summed E-state index contributed by atoms with van der Waals surface area (Å²) in [5.74, 6) is 0.692.